The Hall–Kier alpha value is -2.50. The minimum absolute atomic E-state index is 0.0801. The highest BCUT2D eigenvalue weighted by molar-refractivity contribution is 6.37. The van der Waals surface area contributed by atoms with E-state index in [9.17, 15) is 9.59 Å². The zero-order chi connectivity index (χ0) is 20.1. The van der Waals surface area contributed by atoms with Crippen LogP contribution in [0.5, 0.6) is 11.5 Å². The van der Waals surface area contributed by atoms with Gasteiger partial charge in [-0.15, -0.1) is 0 Å². The van der Waals surface area contributed by atoms with Crippen molar-refractivity contribution in [3.8, 4) is 11.5 Å². The number of anilines is 1. The molecule has 0 spiro atoms. The van der Waals surface area contributed by atoms with Gasteiger partial charge in [-0.05, 0) is 48.7 Å². The molecule has 0 bridgehead atoms. The Bertz CT molecular complexity index is 1080. The lowest BCUT2D eigenvalue weighted by Crippen LogP contribution is -2.40. The van der Waals surface area contributed by atoms with Crippen LogP contribution in [0.1, 0.15) is 37.2 Å². The number of benzene rings is 2. The molecule has 1 aliphatic carbocycles. The molecule has 0 unspecified atom stereocenters. The first kappa shape index (κ1) is 18.5. The van der Waals surface area contributed by atoms with Crippen molar-refractivity contribution >= 4 is 40.6 Å². The number of carbonyl (C=O) groups is 2. The smallest absolute Gasteiger partial charge is 0.232 e. The highest BCUT2D eigenvalue weighted by atomic mass is 35.5. The largest absolute Gasteiger partial charge is 0.454 e. The number of fused-ring (bicyclic) bond motifs is 1. The molecule has 2 aromatic carbocycles. The van der Waals surface area contributed by atoms with E-state index in [0.717, 1.165) is 11.3 Å². The quantitative estimate of drug-likeness (QED) is 0.653. The van der Waals surface area contributed by atoms with Crippen LogP contribution in [0.15, 0.2) is 47.7 Å². The number of nitrogens with zero attached hydrogens (tertiary/aromatic N) is 1. The second kappa shape index (κ2) is 7.08. The van der Waals surface area contributed by atoms with Gasteiger partial charge in [0.05, 0.1) is 10.7 Å². The summed E-state index contributed by atoms with van der Waals surface area (Å²) >= 11 is 12.4. The molecule has 0 fully saturated rings. The molecule has 0 N–H and O–H groups in total. The molecule has 0 saturated carbocycles. The minimum atomic E-state index is -0.304. The molecule has 29 heavy (non-hydrogen) atoms. The molecule has 0 radical (unpaired) electrons. The maximum absolute atomic E-state index is 13.2. The Morgan fingerprint density at radius 3 is 2.62 bits per heavy atom. The lowest BCUT2D eigenvalue weighted by atomic mass is 9.77. The van der Waals surface area contributed by atoms with E-state index in [1.54, 1.807) is 23.1 Å². The maximum Gasteiger partial charge on any atom is 0.232 e. The second-order valence-electron chi connectivity index (χ2n) is 7.33. The first-order valence-corrected chi connectivity index (χ1v) is 10.2. The lowest BCUT2D eigenvalue weighted by molar-refractivity contribution is -0.119. The molecule has 2 aromatic rings. The van der Waals surface area contributed by atoms with Crippen LogP contribution in [0.2, 0.25) is 10.0 Å². The maximum atomic E-state index is 13.2. The van der Waals surface area contributed by atoms with Gasteiger partial charge in [-0.3, -0.25) is 14.5 Å². The average molecular weight is 430 g/mol. The summed E-state index contributed by atoms with van der Waals surface area (Å²) in [6.07, 6.45) is 2.02. The summed E-state index contributed by atoms with van der Waals surface area (Å²) in [5.74, 6) is 1.00. The number of hydrogen-bond acceptors (Lipinski definition) is 4. The number of rotatable bonds is 2. The van der Waals surface area contributed by atoms with Crippen LogP contribution in [0.4, 0.5) is 5.69 Å². The molecule has 7 heteroatoms. The fourth-order valence-corrected chi connectivity index (χ4v) is 4.84. The Morgan fingerprint density at radius 1 is 0.966 bits per heavy atom. The van der Waals surface area contributed by atoms with E-state index < -0.39 is 0 Å². The van der Waals surface area contributed by atoms with Crippen LogP contribution in [-0.2, 0) is 9.59 Å². The van der Waals surface area contributed by atoms with Gasteiger partial charge in [-0.1, -0.05) is 29.3 Å². The third kappa shape index (κ3) is 3.09. The van der Waals surface area contributed by atoms with Gasteiger partial charge in [0, 0.05) is 35.1 Å². The molecule has 5 nitrogen and oxygen atoms in total. The van der Waals surface area contributed by atoms with Crippen LogP contribution in [0.25, 0.3) is 0 Å². The lowest BCUT2D eigenvalue weighted by Gasteiger charge is -2.38. The molecule has 5 rings (SSSR count). The molecule has 0 aromatic heterocycles. The third-order valence-corrected chi connectivity index (χ3v) is 6.16. The normalized spacial score (nSPS) is 20.9. The van der Waals surface area contributed by atoms with Gasteiger partial charge >= 0.3 is 0 Å². The van der Waals surface area contributed by atoms with Gasteiger partial charge < -0.3 is 9.47 Å². The summed E-state index contributed by atoms with van der Waals surface area (Å²) in [5.41, 5.74) is 2.88. The van der Waals surface area contributed by atoms with Crippen molar-refractivity contribution < 1.29 is 19.1 Å². The summed E-state index contributed by atoms with van der Waals surface area (Å²) in [6, 6.07) is 10.7. The highest BCUT2D eigenvalue weighted by Gasteiger charge is 2.40. The average Bonchev–Trinajstić information content (AvgIpc) is 3.16. The van der Waals surface area contributed by atoms with E-state index >= 15 is 0 Å². The highest BCUT2D eigenvalue weighted by Crippen LogP contribution is 2.46. The van der Waals surface area contributed by atoms with E-state index in [0.29, 0.717) is 52.1 Å². The standard InChI is InChI=1S/C22H17Cl2NO4/c23-13-5-6-16(15(24)9-13)25-17-2-1-3-18(26)22(17)14(10-21(25)27)12-4-7-19-20(8-12)29-11-28-19/h4-9,14H,1-3,10-11H2/t14-/m0/s1. The van der Waals surface area contributed by atoms with Crippen molar-refractivity contribution in [1.29, 1.82) is 0 Å². The van der Waals surface area contributed by atoms with Crippen molar-refractivity contribution in [3.63, 3.8) is 0 Å². The first-order valence-electron chi connectivity index (χ1n) is 9.46. The summed E-state index contributed by atoms with van der Waals surface area (Å²) in [6.45, 7) is 0.179. The number of hydrogen-bond donors (Lipinski definition) is 0. The number of ether oxygens (including phenoxy) is 2. The SMILES string of the molecule is O=C1CCCC2=C1[C@H](c1ccc3c(c1)OCO3)CC(=O)N2c1ccc(Cl)cc1Cl. The number of ketones is 1. The summed E-state index contributed by atoms with van der Waals surface area (Å²) in [4.78, 5) is 27.8. The van der Waals surface area contributed by atoms with Crippen LogP contribution >= 0.6 is 23.2 Å². The van der Waals surface area contributed by atoms with E-state index in [-0.39, 0.29) is 30.8 Å². The number of halogens is 2. The first-order chi connectivity index (χ1) is 14.0. The number of allylic oxidation sites excluding steroid dienone is 2. The van der Waals surface area contributed by atoms with Gasteiger partial charge in [0.25, 0.3) is 0 Å². The minimum Gasteiger partial charge on any atom is -0.454 e. The van der Waals surface area contributed by atoms with E-state index in [2.05, 4.69) is 0 Å². The number of Topliss-reactive ketones (excluding diaryl/α,β-unsaturated/α-hetero) is 1. The van der Waals surface area contributed by atoms with Crippen LogP contribution in [0, 0.1) is 0 Å². The molecular weight excluding hydrogens is 413 g/mol. The van der Waals surface area contributed by atoms with E-state index in [4.69, 9.17) is 32.7 Å². The molecule has 2 aliphatic heterocycles. The fourth-order valence-electron chi connectivity index (χ4n) is 4.35. The Kier molecular flexibility index (Phi) is 4.52. The molecular formula is C22H17Cl2NO4. The van der Waals surface area contributed by atoms with Gasteiger partial charge in [0.1, 0.15) is 0 Å². The van der Waals surface area contributed by atoms with E-state index in [1.165, 1.54) is 0 Å². The predicted molar refractivity (Wildman–Crippen MR) is 110 cm³/mol. The molecule has 3 aliphatic rings. The number of carbonyl (C=O) groups excluding carboxylic acids is 2. The van der Waals surface area contributed by atoms with Gasteiger partial charge in [-0.25, -0.2) is 0 Å². The summed E-state index contributed by atoms with van der Waals surface area (Å²) in [5, 5.41) is 0.882. The van der Waals surface area contributed by atoms with Crippen molar-refractivity contribution in [2.24, 2.45) is 0 Å². The zero-order valence-corrected chi connectivity index (χ0v) is 16.9. The van der Waals surface area contributed by atoms with Crippen molar-refractivity contribution in [2.75, 3.05) is 11.7 Å². The molecule has 2 heterocycles. The van der Waals surface area contributed by atoms with Crippen LogP contribution in [0.3, 0.4) is 0 Å². The van der Waals surface area contributed by atoms with E-state index in [1.807, 2.05) is 18.2 Å². The number of amides is 1. The van der Waals surface area contributed by atoms with Crippen molar-refractivity contribution in [3.05, 3.63) is 63.3 Å². The fraction of sp³-hybridized carbons (Fsp3) is 0.273. The zero-order valence-electron chi connectivity index (χ0n) is 15.4. The summed E-state index contributed by atoms with van der Waals surface area (Å²) < 4.78 is 10.9. The van der Waals surface area contributed by atoms with Gasteiger partial charge in [0.2, 0.25) is 12.7 Å². The summed E-state index contributed by atoms with van der Waals surface area (Å²) in [7, 11) is 0. The van der Waals surface area contributed by atoms with Gasteiger partial charge in [-0.2, -0.15) is 0 Å². The molecule has 1 atom stereocenters. The third-order valence-electron chi connectivity index (χ3n) is 5.62. The Labute approximate surface area is 177 Å². The van der Waals surface area contributed by atoms with Crippen LogP contribution in [-0.4, -0.2) is 18.5 Å². The van der Waals surface area contributed by atoms with Crippen molar-refractivity contribution in [1.82, 2.24) is 0 Å². The topological polar surface area (TPSA) is 55.8 Å². The molecule has 0 saturated heterocycles. The molecule has 148 valence electrons. The monoisotopic (exact) mass is 429 g/mol. The Balaban J connectivity index is 1.64. The predicted octanol–water partition coefficient (Wildman–Crippen LogP) is 5.25. The van der Waals surface area contributed by atoms with Crippen LogP contribution < -0.4 is 14.4 Å². The van der Waals surface area contributed by atoms with Gasteiger partial charge in [0.15, 0.2) is 17.3 Å². The molecule has 1 amide bonds. The van der Waals surface area contributed by atoms with Crippen molar-refractivity contribution in [2.45, 2.75) is 31.6 Å². The Morgan fingerprint density at radius 2 is 1.79 bits per heavy atom. The second-order valence-corrected chi connectivity index (χ2v) is 8.18.